The Hall–Kier alpha value is -5.53. The van der Waals surface area contributed by atoms with Gasteiger partial charge in [-0.3, -0.25) is 0 Å². The van der Waals surface area contributed by atoms with E-state index in [1.54, 1.807) is 31.2 Å². The van der Waals surface area contributed by atoms with Gasteiger partial charge < -0.3 is 21.1 Å². The van der Waals surface area contributed by atoms with Crippen LogP contribution in [0.2, 0.25) is 0 Å². The quantitative estimate of drug-likeness (QED) is 0.142. The summed E-state index contributed by atoms with van der Waals surface area (Å²) in [5, 5.41) is 12.3. The number of nitrogen functional groups attached to an aromatic ring is 1. The van der Waals surface area contributed by atoms with Gasteiger partial charge >= 0.3 is 12.2 Å². The second-order valence-electron chi connectivity index (χ2n) is 8.27. The minimum Gasteiger partial charge on any atom is -0.440 e. The van der Waals surface area contributed by atoms with Crippen molar-refractivity contribution in [1.29, 1.82) is 0 Å². The number of nitrogens with one attached hydrogen (secondary N) is 2. The summed E-state index contributed by atoms with van der Waals surface area (Å²) in [7, 11) is 0. The van der Waals surface area contributed by atoms with E-state index < -0.39 is 23.6 Å². The van der Waals surface area contributed by atoms with Crippen molar-refractivity contribution in [1.82, 2.24) is 25.3 Å². The highest BCUT2D eigenvalue weighted by Gasteiger charge is 2.31. The fourth-order valence-corrected chi connectivity index (χ4v) is 3.50. The first-order valence-electron chi connectivity index (χ1n) is 11.8. The van der Waals surface area contributed by atoms with E-state index in [1.807, 2.05) is 0 Å². The number of hydrogen-bond donors (Lipinski definition) is 3. The number of nitrogens with two attached hydrogens (primary N) is 1. The van der Waals surface area contributed by atoms with E-state index in [0.717, 1.165) is 18.3 Å². The highest BCUT2D eigenvalue weighted by atomic mass is 19.4. The highest BCUT2D eigenvalue weighted by molar-refractivity contribution is 5.96. The summed E-state index contributed by atoms with van der Waals surface area (Å²) in [4.78, 5) is 20.5. The first-order chi connectivity index (χ1) is 19.5. The largest absolute Gasteiger partial charge is 0.440 e. The standard InChI is InChI=1S/C27H22F4N8O2/c1-3-20(15-33-16(2)41-21-7-4-17(5-8-21)22-13-19(28)14-34-25(22)32)36-26(40)37-23-12-18(27(29,30)31)6-9-24(23)39-11-10-35-38-39/h3-15H,2H2,1H3,(H2,32,34)(H2,36,37,40)/b20-3+,33-15-. The van der Waals surface area contributed by atoms with Gasteiger partial charge in [-0.15, -0.1) is 5.10 Å². The van der Waals surface area contributed by atoms with Crippen molar-refractivity contribution in [3.63, 3.8) is 0 Å². The number of urea groups is 1. The van der Waals surface area contributed by atoms with Crippen molar-refractivity contribution >= 4 is 23.8 Å². The number of nitrogens with zero attached hydrogens (tertiary/aromatic N) is 5. The molecule has 0 fully saturated rings. The van der Waals surface area contributed by atoms with Crippen LogP contribution in [0.25, 0.3) is 16.8 Å². The molecule has 0 radical (unpaired) electrons. The van der Waals surface area contributed by atoms with Crippen molar-refractivity contribution in [3.8, 4) is 22.6 Å². The number of pyridine rings is 1. The van der Waals surface area contributed by atoms with Crippen LogP contribution >= 0.6 is 0 Å². The van der Waals surface area contributed by atoms with Crippen LogP contribution in [0.3, 0.4) is 0 Å². The van der Waals surface area contributed by atoms with Crippen molar-refractivity contribution in [2.75, 3.05) is 11.1 Å². The molecule has 2 aromatic heterocycles. The maximum absolute atomic E-state index is 13.5. The number of anilines is 2. The van der Waals surface area contributed by atoms with Crippen molar-refractivity contribution in [2.24, 2.45) is 4.99 Å². The number of allylic oxidation sites excluding steroid dienone is 2. The number of rotatable bonds is 8. The van der Waals surface area contributed by atoms with Crippen molar-refractivity contribution in [2.45, 2.75) is 13.1 Å². The summed E-state index contributed by atoms with van der Waals surface area (Å²) in [6.07, 6.45) is 1.92. The molecule has 4 rings (SSSR count). The van der Waals surface area contributed by atoms with Gasteiger partial charge in [-0.05, 0) is 55.5 Å². The lowest BCUT2D eigenvalue weighted by Crippen LogP contribution is -2.29. The Balaban J connectivity index is 1.40. The lowest BCUT2D eigenvalue weighted by atomic mass is 10.1. The maximum atomic E-state index is 13.5. The van der Waals surface area contributed by atoms with Crippen molar-refractivity contribution < 1.29 is 27.1 Å². The molecule has 41 heavy (non-hydrogen) atoms. The fourth-order valence-electron chi connectivity index (χ4n) is 3.50. The van der Waals surface area contributed by atoms with Gasteiger partial charge in [0.2, 0.25) is 5.88 Å². The average molecular weight is 567 g/mol. The minimum atomic E-state index is -4.63. The Labute approximate surface area is 230 Å². The summed E-state index contributed by atoms with van der Waals surface area (Å²) in [5.74, 6) is -0.00805. The molecule has 2 aromatic carbocycles. The van der Waals surface area contributed by atoms with Gasteiger partial charge in [-0.1, -0.05) is 23.4 Å². The monoisotopic (exact) mass is 566 g/mol. The molecule has 4 N–H and O–H groups in total. The molecular weight excluding hydrogens is 544 g/mol. The Morgan fingerprint density at radius 3 is 2.59 bits per heavy atom. The molecule has 14 heteroatoms. The Kier molecular flexibility index (Phi) is 8.41. The summed E-state index contributed by atoms with van der Waals surface area (Å²) in [6.45, 7) is 5.32. The molecule has 0 saturated heterocycles. The van der Waals surface area contributed by atoms with E-state index in [-0.39, 0.29) is 28.8 Å². The molecule has 2 amide bonds. The predicted molar refractivity (Wildman–Crippen MR) is 145 cm³/mol. The lowest BCUT2D eigenvalue weighted by Gasteiger charge is -2.15. The zero-order chi connectivity index (χ0) is 29.6. The van der Waals surface area contributed by atoms with Crippen LogP contribution in [0.1, 0.15) is 12.5 Å². The second kappa shape index (κ2) is 12.1. The summed E-state index contributed by atoms with van der Waals surface area (Å²) < 4.78 is 60.1. The zero-order valence-electron chi connectivity index (χ0n) is 21.4. The van der Waals surface area contributed by atoms with Gasteiger partial charge in [-0.2, -0.15) is 13.2 Å². The Bertz CT molecular complexity index is 1620. The van der Waals surface area contributed by atoms with Gasteiger partial charge in [0.1, 0.15) is 17.4 Å². The molecule has 4 aromatic rings. The summed E-state index contributed by atoms with van der Waals surface area (Å²) in [6, 6.07) is 9.78. The molecule has 0 saturated carbocycles. The topological polar surface area (TPSA) is 132 Å². The van der Waals surface area contributed by atoms with E-state index in [4.69, 9.17) is 10.5 Å². The molecule has 0 aliphatic carbocycles. The van der Waals surface area contributed by atoms with Gasteiger partial charge in [-0.25, -0.2) is 23.8 Å². The molecule has 0 bridgehead atoms. The number of alkyl halides is 3. The Morgan fingerprint density at radius 1 is 1.17 bits per heavy atom. The van der Waals surface area contributed by atoms with Crippen LogP contribution in [-0.2, 0) is 6.18 Å². The van der Waals surface area contributed by atoms with Crippen LogP contribution < -0.4 is 21.1 Å². The number of amides is 2. The van der Waals surface area contributed by atoms with Crippen LogP contribution in [0.4, 0.5) is 33.9 Å². The van der Waals surface area contributed by atoms with Crippen LogP contribution in [0.5, 0.6) is 5.75 Å². The third-order valence-corrected chi connectivity index (χ3v) is 5.44. The average Bonchev–Trinajstić information content (AvgIpc) is 3.47. The number of benzene rings is 2. The molecule has 210 valence electrons. The van der Waals surface area contributed by atoms with E-state index in [1.165, 1.54) is 41.5 Å². The first-order valence-corrected chi connectivity index (χ1v) is 11.8. The smallest absolute Gasteiger partial charge is 0.416 e. The van der Waals surface area contributed by atoms with Crippen LogP contribution in [0.15, 0.2) is 96.3 Å². The van der Waals surface area contributed by atoms with E-state index >= 15 is 0 Å². The number of aromatic nitrogens is 4. The van der Waals surface area contributed by atoms with Crippen molar-refractivity contribution in [3.05, 3.63) is 103 Å². The molecule has 0 unspecified atom stereocenters. The van der Waals surface area contributed by atoms with Gasteiger partial charge in [0.05, 0.1) is 47.4 Å². The highest BCUT2D eigenvalue weighted by Crippen LogP contribution is 2.33. The van der Waals surface area contributed by atoms with Gasteiger partial charge in [0, 0.05) is 5.56 Å². The summed E-state index contributed by atoms with van der Waals surface area (Å²) in [5.41, 5.74) is 6.13. The zero-order valence-corrected chi connectivity index (χ0v) is 21.4. The molecule has 2 heterocycles. The predicted octanol–water partition coefficient (Wildman–Crippen LogP) is 5.72. The number of aliphatic imine (C=N–C) groups is 1. The number of halogens is 4. The fraction of sp³-hybridized carbons (Fsp3) is 0.0741. The molecular formula is C27H22F4N8O2. The molecule has 0 aliphatic heterocycles. The molecule has 0 aliphatic rings. The number of ether oxygens (including phenoxy) is 1. The molecule has 10 nitrogen and oxygen atoms in total. The third kappa shape index (κ3) is 7.32. The lowest BCUT2D eigenvalue weighted by molar-refractivity contribution is -0.137. The summed E-state index contributed by atoms with van der Waals surface area (Å²) >= 11 is 0. The number of carbonyl (C=O) groups excluding carboxylic acids is 1. The second-order valence-corrected chi connectivity index (χ2v) is 8.27. The van der Waals surface area contributed by atoms with Gasteiger partial charge in [0.25, 0.3) is 0 Å². The van der Waals surface area contributed by atoms with E-state index in [2.05, 4.69) is 37.5 Å². The van der Waals surface area contributed by atoms with E-state index in [0.29, 0.717) is 16.9 Å². The normalized spacial score (nSPS) is 11.9. The van der Waals surface area contributed by atoms with Crippen LogP contribution in [-0.4, -0.2) is 32.2 Å². The SMILES string of the molecule is C=C(/N=C\C(=C/C)NC(=O)Nc1cc(C(F)(F)F)ccc1-n1ccnn1)Oc1ccc(-c2cc(F)cnc2N)cc1. The number of carbonyl (C=O) groups is 1. The minimum absolute atomic E-state index is 0.0300. The van der Waals surface area contributed by atoms with Gasteiger partial charge in [0.15, 0.2) is 0 Å². The molecule has 0 atom stereocenters. The Morgan fingerprint density at radius 2 is 1.93 bits per heavy atom. The molecule has 0 spiro atoms. The third-order valence-electron chi connectivity index (χ3n) is 5.44. The van der Waals surface area contributed by atoms with E-state index in [9.17, 15) is 22.4 Å². The van der Waals surface area contributed by atoms with Crippen LogP contribution in [0, 0.1) is 5.82 Å². The first kappa shape index (κ1) is 28.5. The maximum Gasteiger partial charge on any atom is 0.416 e. The number of hydrogen-bond acceptors (Lipinski definition) is 7.